The molecule has 2 aromatic carbocycles. The summed E-state index contributed by atoms with van der Waals surface area (Å²) in [6.07, 6.45) is 0. The van der Waals surface area contributed by atoms with Gasteiger partial charge in [-0.15, -0.1) is 0 Å². The molecular formula is C20H21N3O3. The molecule has 6 nitrogen and oxygen atoms in total. The fraction of sp³-hybridized carbons (Fsp3) is 0.300. The summed E-state index contributed by atoms with van der Waals surface area (Å²) in [6.45, 7) is 5.74. The Morgan fingerprint density at radius 3 is 2.46 bits per heavy atom. The summed E-state index contributed by atoms with van der Waals surface area (Å²) in [7, 11) is 0. The molecule has 4 rings (SSSR count). The third-order valence-corrected chi connectivity index (χ3v) is 4.67. The van der Waals surface area contributed by atoms with Gasteiger partial charge in [-0.2, -0.15) is 4.98 Å². The van der Waals surface area contributed by atoms with Gasteiger partial charge in [0.2, 0.25) is 11.7 Å². The molecule has 0 bridgehead atoms. The van der Waals surface area contributed by atoms with E-state index >= 15 is 0 Å². The first kappa shape index (κ1) is 16.6. The topological polar surface area (TPSA) is 83.4 Å². The minimum atomic E-state index is -0.460. The van der Waals surface area contributed by atoms with Crippen molar-refractivity contribution in [2.45, 2.75) is 25.8 Å². The number of rotatable bonds is 4. The average molecular weight is 351 g/mol. The molecule has 0 amide bonds. The molecule has 6 heteroatoms. The van der Waals surface area contributed by atoms with Crippen molar-refractivity contribution in [3.05, 3.63) is 59.5 Å². The number of hydrogen-bond acceptors (Lipinski definition) is 6. The first-order chi connectivity index (χ1) is 12.6. The van der Waals surface area contributed by atoms with Crippen LogP contribution < -0.4 is 15.2 Å². The van der Waals surface area contributed by atoms with Gasteiger partial charge in [-0.3, -0.25) is 0 Å². The quantitative estimate of drug-likeness (QED) is 0.776. The Kier molecular flexibility index (Phi) is 4.12. The first-order valence-electron chi connectivity index (χ1n) is 8.61. The number of ether oxygens (including phenoxy) is 2. The lowest BCUT2D eigenvalue weighted by Gasteiger charge is -2.24. The van der Waals surface area contributed by atoms with Crippen molar-refractivity contribution in [1.29, 1.82) is 0 Å². The summed E-state index contributed by atoms with van der Waals surface area (Å²) >= 11 is 0. The van der Waals surface area contributed by atoms with Crippen molar-refractivity contribution in [1.82, 2.24) is 10.1 Å². The molecule has 0 saturated carbocycles. The van der Waals surface area contributed by atoms with Crippen molar-refractivity contribution in [3.63, 3.8) is 0 Å². The second-order valence-electron chi connectivity index (χ2n) is 6.81. The predicted octanol–water partition coefficient (Wildman–Crippen LogP) is 3.29. The van der Waals surface area contributed by atoms with Gasteiger partial charge in [0.05, 0.1) is 5.41 Å². The molecule has 2 heterocycles. The zero-order chi connectivity index (χ0) is 18.1. The molecular weight excluding hydrogens is 330 g/mol. The Morgan fingerprint density at radius 1 is 1.00 bits per heavy atom. The maximum Gasteiger partial charge on any atom is 0.237 e. The van der Waals surface area contributed by atoms with Crippen LogP contribution in [0.2, 0.25) is 0 Å². The van der Waals surface area contributed by atoms with Crippen LogP contribution >= 0.6 is 0 Å². The van der Waals surface area contributed by atoms with Gasteiger partial charge in [-0.1, -0.05) is 35.5 Å². The number of fused-ring (bicyclic) bond motifs is 1. The molecule has 2 N–H and O–H groups in total. The summed E-state index contributed by atoms with van der Waals surface area (Å²) in [4.78, 5) is 4.62. The van der Waals surface area contributed by atoms with Gasteiger partial charge in [0, 0.05) is 12.1 Å². The summed E-state index contributed by atoms with van der Waals surface area (Å²) < 4.78 is 16.9. The maximum absolute atomic E-state index is 5.69. The van der Waals surface area contributed by atoms with E-state index in [9.17, 15) is 0 Å². The molecule has 1 aliphatic heterocycles. The van der Waals surface area contributed by atoms with Crippen molar-refractivity contribution in [3.8, 4) is 22.9 Å². The molecule has 0 spiro atoms. The van der Waals surface area contributed by atoms with E-state index in [1.807, 2.05) is 56.3 Å². The monoisotopic (exact) mass is 351 g/mol. The number of hydrogen-bond donors (Lipinski definition) is 1. The number of aromatic nitrogens is 2. The van der Waals surface area contributed by atoms with Gasteiger partial charge in [0.25, 0.3) is 0 Å². The van der Waals surface area contributed by atoms with Crippen molar-refractivity contribution < 1.29 is 14.0 Å². The van der Waals surface area contributed by atoms with Crippen molar-refractivity contribution >= 4 is 0 Å². The molecule has 3 aromatic rings. The molecule has 1 aliphatic rings. The second-order valence-corrected chi connectivity index (χ2v) is 6.81. The fourth-order valence-corrected chi connectivity index (χ4v) is 2.94. The number of benzene rings is 2. The van der Waals surface area contributed by atoms with Gasteiger partial charge in [0.1, 0.15) is 13.2 Å². The lowest BCUT2D eigenvalue weighted by molar-refractivity contribution is 0.171. The van der Waals surface area contributed by atoms with Crippen LogP contribution in [0.5, 0.6) is 11.5 Å². The second kappa shape index (κ2) is 6.46. The predicted molar refractivity (Wildman–Crippen MR) is 97.2 cm³/mol. The Bertz CT molecular complexity index is 916. The molecule has 26 heavy (non-hydrogen) atoms. The van der Waals surface area contributed by atoms with Crippen LogP contribution in [-0.2, 0) is 12.0 Å². The van der Waals surface area contributed by atoms with Gasteiger partial charge < -0.3 is 19.7 Å². The van der Waals surface area contributed by atoms with Gasteiger partial charge in [-0.05, 0) is 37.1 Å². The Morgan fingerprint density at radius 2 is 1.73 bits per heavy atom. The normalized spacial score (nSPS) is 13.7. The van der Waals surface area contributed by atoms with Gasteiger partial charge >= 0.3 is 0 Å². The van der Waals surface area contributed by atoms with Gasteiger partial charge in [-0.25, -0.2) is 0 Å². The SMILES string of the molecule is CC(C)(c1ccc2c(c1)OCCO2)c1nc(-c2ccc(CN)cc2)no1. The molecule has 0 aliphatic carbocycles. The van der Waals surface area contributed by atoms with Crippen molar-refractivity contribution in [2.75, 3.05) is 13.2 Å². The largest absolute Gasteiger partial charge is 0.486 e. The highest BCUT2D eigenvalue weighted by atomic mass is 16.6. The Hall–Kier alpha value is -2.86. The Labute approximate surface area is 151 Å². The Balaban J connectivity index is 1.65. The van der Waals surface area contributed by atoms with E-state index in [0.29, 0.717) is 31.5 Å². The summed E-state index contributed by atoms with van der Waals surface area (Å²) in [5.74, 6) is 2.63. The molecule has 0 unspecified atom stereocenters. The molecule has 134 valence electrons. The molecule has 0 atom stereocenters. The van der Waals surface area contributed by atoms with Gasteiger partial charge in [0.15, 0.2) is 11.5 Å². The molecule has 0 radical (unpaired) electrons. The maximum atomic E-state index is 5.69. The van der Waals surface area contributed by atoms with E-state index < -0.39 is 5.41 Å². The highest BCUT2D eigenvalue weighted by Gasteiger charge is 2.31. The minimum absolute atomic E-state index is 0.460. The number of nitrogens with zero attached hydrogens (tertiary/aromatic N) is 2. The van der Waals surface area contributed by atoms with E-state index in [4.69, 9.17) is 19.7 Å². The smallest absolute Gasteiger partial charge is 0.237 e. The minimum Gasteiger partial charge on any atom is -0.486 e. The van der Waals surface area contributed by atoms with Crippen LogP contribution in [0, 0.1) is 0 Å². The van der Waals surface area contributed by atoms with Crippen LogP contribution in [0.3, 0.4) is 0 Å². The van der Waals surface area contributed by atoms with Crippen LogP contribution in [0.25, 0.3) is 11.4 Å². The zero-order valence-electron chi connectivity index (χ0n) is 14.9. The van der Waals surface area contributed by atoms with E-state index in [1.165, 1.54) is 0 Å². The number of nitrogens with two attached hydrogens (primary N) is 1. The lowest BCUT2D eigenvalue weighted by Crippen LogP contribution is -2.21. The van der Waals surface area contributed by atoms with E-state index in [2.05, 4.69) is 10.1 Å². The lowest BCUT2D eigenvalue weighted by atomic mass is 9.84. The third kappa shape index (κ3) is 2.93. The molecule has 0 fully saturated rings. The van der Waals surface area contributed by atoms with Crippen LogP contribution in [0.1, 0.15) is 30.9 Å². The van der Waals surface area contributed by atoms with Crippen molar-refractivity contribution in [2.24, 2.45) is 5.73 Å². The molecule has 0 saturated heterocycles. The first-order valence-corrected chi connectivity index (χ1v) is 8.61. The zero-order valence-corrected chi connectivity index (χ0v) is 14.9. The van der Waals surface area contributed by atoms with E-state index in [0.717, 1.165) is 28.2 Å². The third-order valence-electron chi connectivity index (χ3n) is 4.67. The summed E-state index contributed by atoms with van der Waals surface area (Å²) in [5.41, 5.74) is 8.17. The summed E-state index contributed by atoms with van der Waals surface area (Å²) in [5, 5.41) is 4.15. The fourth-order valence-electron chi connectivity index (χ4n) is 2.94. The highest BCUT2D eigenvalue weighted by molar-refractivity contribution is 5.55. The summed E-state index contributed by atoms with van der Waals surface area (Å²) in [6, 6.07) is 13.8. The van der Waals surface area contributed by atoms with Crippen LogP contribution in [0.15, 0.2) is 47.0 Å². The van der Waals surface area contributed by atoms with Crippen LogP contribution in [-0.4, -0.2) is 23.4 Å². The van der Waals surface area contributed by atoms with E-state index in [-0.39, 0.29) is 0 Å². The van der Waals surface area contributed by atoms with E-state index in [1.54, 1.807) is 0 Å². The standard InChI is InChI=1S/C20H21N3O3/c1-20(2,15-7-8-16-17(11-15)25-10-9-24-16)19-22-18(23-26-19)14-5-3-13(12-21)4-6-14/h3-8,11H,9-10,12,21H2,1-2H3. The molecule has 1 aromatic heterocycles. The average Bonchev–Trinajstić information content (AvgIpc) is 3.19. The highest BCUT2D eigenvalue weighted by Crippen LogP contribution is 2.38. The van der Waals surface area contributed by atoms with Crippen LogP contribution in [0.4, 0.5) is 0 Å².